The molecule has 1 aromatic rings. The van der Waals surface area contributed by atoms with Crippen LogP contribution in [0.5, 0.6) is 0 Å². The quantitative estimate of drug-likeness (QED) is 0.873. The van der Waals surface area contributed by atoms with Crippen molar-refractivity contribution in [3.05, 3.63) is 24.0 Å². The lowest BCUT2D eigenvalue weighted by atomic mass is 10.1. The number of carboxylic acids is 1. The number of fused-ring (bicyclic) bond motifs is 1. The molecule has 6 nitrogen and oxygen atoms in total. The largest absolute Gasteiger partial charge is 0.477 e. The molecule has 0 bridgehead atoms. The molecule has 0 aromatic carbocycles. The molecular formula is C14H19N3O3. The lowest BCUT2D eigenvalue weighted by molar-refractivity contribution is -0.134. The molecule has 20 heavy (non-hydrogen) atoms. The van der Waals surface area contributed by atoms with E-state index in [1.54, 1.807) is 12.3 Å². The van der Waals surface area contributed by atoms with E-state index in [-0.39, 0.29) is 18.1 Å². The SMILES string of the molecule is O=C(O)c1cccn1CC(=O)N1CCN2CCCC2C1. The van der Waals surface area contributed by atoms with Crippen LogP contribution >= 0.6 is 0 Å². The fourth-order valence-electron chi connectivity index (χ4n) is 3.21. The summed E-state index contributed by atoms with van der Waals surface area (Å²) in [5.74, 6) is -0.987. The minimum absolute atomic E-state index is 0.00949. The summed E-state index contributed by atoms with van der Waals surface area (Å²) in [5.41, 5.74) is 0.165. The van der Waals surface area contributed by atoms with Gasteiger partial charge in [0, 0.05) is 31.9 Å². The molecule has 2 aliphatic rings. The van der Waals surface area contributed by atoms with Gasteiger partial charge in [-0.2, -0.15) is 0 Å². The molecule has 6 heteroatoms. The molecule has 3 heterocycles. The summed E-state index contributed by atoms with van der Waals surface area (Å²) in [7, 11) is 0. The van der Waals surface area contributed by atoms with Crippen LogP contribution in [0.3, 0.4) is 0 Å². The van der Waals surface area contributed by atoms with Gasteiger partial charge in [-0.3, -0.25) is 9.69 Å². The molecule has 1 N–H and O–H groups in total. The van der Waals surface area contributed by atoms with E-state index >= 15 is 0 Å². The molecule has 0 radical (unpaired) electrons. The van der Waals surface area contributed by atoms with E-state index in [0.717, 1.165) is 32.6 Å². The number of rotatable bonds is 3. The average molecular weight is 277 g/mol. The predicted molar refractivity (Wildman–Crippen MR) is 72.6 cm³/mol. The molecule has 2 aliphatic heterocycles. The minimum atomic E-state index is -0.997. The third-order valence-corrected chi connectivity index (χ3v) is 4.29. The first kappa shape index (κ1) is 13.2. The molecule has 108 valence electrons. The van der Waals surface area contributed by atoms with E-state index in [9.17, 15) is 9.59 Å². The second kappa shape index (κ2) is 5.28. The van der Waals surface area contributed by atoms with Gasteiger partial charge in [0.05, 0.1) is 0 Å². The van der Waals surface area contributed by atoms with Crippen molar-refractivity contribution in [3.63, 3.8) is 0 Å². The van der Waals surface area contributed by atoms with Gasteiger partial charge in [0.1, 0.15) is 12.2 Å². The minimum Gasteiger partial charge on any atom is -0.477 e. The fourth-order valence-corrected chi connectivity index (χ4v) is 3.21. The number of nitrogens with zero attached hydrogens (tertiary/aromatic N) is 3. The molecule has 1 atom stereocenters. The first-order chi connectivity index (χ1) is 9.65. The van der Waals surface area contributed by atoms with E-state index in [4.69, 9.17) is 5.11 Å². The van der Waals surface area contributed by atoms with Crippen LogP contribution in [0.4, 0.5) is 0 Å². The Balaban J connectivity index is 1.64. The molecule has 1 unspecified atom stereocenters. The molecule has 0 spiro atoms. The third kappa shape index (κ3) is 2.43. The van der Waals surface area contributed by atoms with E-state index in [1.807, 2.05) is 4.90 Å². The maximum Gasteiger partial charge on any atom is 0.352 e. The third-order valence-electron chi connectivity index (χ3n) is 4.29. The summed E-state index contributed by atoms with van der Waals surface area (Å²) in [6.45, 7) is 3.73. The highest BCUT2D eigenvalue weighted by molar-refractivity contribution is 5.87. The van der Waals surface area contributed by atoms with E-state index in [2.05, 4.69) is 4.90 Å². The number of amides is 1. The van der Waals surface area contributed by atoms with Gasteiger partial charge < -0.3 is 14.6 Å². The zero-order valence-corrected chi connectivity index (χ0v) is 11.4. The maximum atomic E-state index is 12.3. The van der Waals surface area contributed by atoms with Crippen molar-refractivity contribution >= 4 is 11.9 Å². The molecule has 0 saturated carbocycles. The Kier molecular flexibility index (Phi) is 3.48. The summed E-state index contributed by atoms with van der Waals surface area (Å²) in [4.78, 5) is 27.7. The van der Waals surface area contributed by atoms with Crippen LogP contribution < -0.4 is 0 Å². The second-order valence-corrected chi connectivity index (χ2v) is 5.50. The Hall–Kier alpha value is -1.82. The van der Waals surface area contributed by atoms with Crippen LogP contribution in [-0.4, -0.2) is 63.6 Å². The Labute approximate surface area is 117 Å². The molecule has 3 rings (SSSR count). The fraction of sp³-hybridized carbons (Fsp3) is 0.571. The Bertz CT molecular complexity index is 525. The van der Waals surface area contributed by atoms with Crippen LogP contribution in [0.1, 0.15) is 23.3 Å². The standard InChI is InChI=1S/C14H19N3O3/c18-13(10-16-6-2-4-12(16)14(19)20)17-8-7-15-5-1-3-11(15)9-17/h2,4,6,11H,1,3,5,7-10H2,(H,19,20). The average Bonchev–Trinajstić information content (AvgIpc) is 3.05. The highest BCUT2D eigenvalue weighted by atomic mass is 16.4. The summed E-state index contributed by atoms with van der Waals surface area (Å²) in [6, 6.07) is 3.67. The Morgan fingerprint density at radius 1 is 1.30 bits per heavy atom. The van der Waals surface area contributed by atoms with Gasteiger partial charge in [-0.05, 0) is 31.5 Å². The predicted octanol–water partition coefficient (Wildman–Crippen LogP) is 0.493. The highest BCUT2D eigenvalue weighted by Gasteiger charge is 2.32. The summed E-state index contributed by atoms with van der Waals surface area (Å²) < 4.78 is 1.51. The number of carboxylic acid groups (broad SMARTS) is 1. The van der Waals surface area contributed by atoms with Crippen molar-refractivity contribution < 1.29 is 14.7 Å². The number of hydrogen-bond donors (Lipinski definition) is 1. The normalized spacial score (nSPS) is 22.8. The molecule has 2 fully saturated rings. The van der Waals surface area contributed by atoms with Crippen LogP contribution in [0.15, 0.2) is 18.3 Å². The van der Waals surface area contributed by atoms with Crippen molar-refractivity contribution in [2.45, 2.75) is 25.4 Å². The zero-order valence-electron chi connectivity index (χ0n) is 11.4. The van der Waals surface area contributed by atoms with E-state index in [1.165, 1.54) is 17.1 Å². The van der Waals surface area contributed by atoms with Crippen molar-refractivity contribution in [1.82, 2.24) is 14.4 Å². The van der Waals surface area contributed by atoms with Crippen LogP contribution in [0.25, 0.3) is 0 Å². The number of aromatic nitrogens is 1. The van der Waals surface area contributed by atoms with Gasteiger partial charge in [-0.1, -0.05) is 0 Å². The van der Waals surface area contributed by atoms with Crippen molar-refractivity contribution in [1.29, 1.82) is 0 Å². The summed E-state index contributed by atoms with van der Waals surface area (Å²) in [5, 5.41) is 9.05. The number of carbonyl (C=O) groups excluding carboxylic acids is 1. The monoisotopic (exact) mass is 277 g/mol. The lowest BCUT2D eigenvalue weighted by Crippen LogP contribution is -2.52. The zero-order chi connectivity index (χ0) is 14.1. The van der Waals surface area contributed by atoms with Gasteiger partial charge in [-0.25, -0.2) is 4.79 Å². The van der Waals surface area contributed by atoms with Crippen LogP contribution in [-0.2, 0) is 11.3 Å². The second-order valence-electron chi connectivity index (χ2n) is 5.50. The van der Waals surface area contributed by atoms with Crippen LogP contribution in [0.2, 0.25) is 0 Å². The molecule has 0 aliphatic carbocycles. The summed E-state index contributed by atoms with van der Waals surface area (Å²) >= 11 is 0. The Morgan fingerprint density at radius 2 is 2.15 bits per heavy atom. The Morgan fingerprint density at radius 3 is 2.95 bits per heavy atom. The highest BCUT2D eigenvalue weighted by Crippen LogP contribution is 2.21. The lowest BCUT2D eigenvalue weighted by Gasteiger charge is -2.37. The maximum absolute atomic E-state index is 12.3. The molecule has 1 amide bonds. The van der Waals surface area contributed by atoms with Gasteiger partial charge in [-0.15, -0.1) is 0 Å². The van der Waals surface area contributed by atoms with Gasteiger partial charge in [0.15, 0.2) is 0 Å². The van der Waals surface area contributed by atoms with Gasteiger partial charge in [0.2, 0.25) is 5.91 Å². The topological polar surface area (TPSA) is 65.8 Å². The number of hydrogen-bond acceptors (Lipinski definition) is 3. The summed E-state index contributed by atoms with van der Waals surface area (Å²) in [6.07, 6.45) is 4.02. The van der Waals surface area contributed by atoms with Crippen molar-refractivity contribution in [2.24, 2.45) is 0 Å². The number of aromatic carboxylic acids is 1. The van der Waals surface area contributed by atoms with Crippen molar-refractivity contribution in [2.75, 3.05) is 26.2 Å². The van der Waals surface area contributed by atoms with Crippen molar-refractivity contribution in [3.8, 4) is 0 Å². The number of carbonyl (C=O) groups is 2. The van der Waals surface area contributed by atoms with Gasteiger partial charge in [0.25, 0.3) is 0 Å². The first-order valence-corrected chi connectivity index (χ1v) is 7.05. The molecule has 2 saturated heterocycles. The van der Waals surface area contributed by atoms with E-state index < -0.39 is 5.97 Å². The van der Waals surface area contributed by atoms with E-state index in [0.29, 0.717) is 6.04 Å². The number of piperazine rings is 1. The molecule has 1 aromatic heterocycles. The van der Waals surface area contributed by atoms with Crippen LogP contribution in [0, 0.1) is 0 Å². The van der Waals surface area contributed by atoms with Gasteiger partial charge >= 0.3 is 5.97 Å². The first-order valence-electron chi connectivity index (χ1n) is 7.05. The molecular weight excluding hydrogens is 258 g/mol. The smallest absolute Gasteiger partial charge is 0.352 e.